The molecule has 0 amide bonds. The van der Waals surface area contributed by atoms with E-state index >= 15 is 0 Å². The lowest BCUT2D eigenvalue weighted by molar-refractivity contribution is 0.745. The summed E-state index contributed by atoms with van der Waals surface area (Å²) in [5.74, 6) is 0. The zero-order valence-electron chi connectivity index (χ0n) is 29.7. The van der Waals surface area contributed by atoms with Crippen LogP contribution in [0.1, 0.15) is 17.2 Å². The Morgan fingerprint density at radius 1 is 0.407 bits per heavy atom. The number of benzene rings is 9. The summed E-state index contributed by atoms with van der Waals surface area (Å²) in [6, 6.07) is 74.0. The van der Waals surface area contributed by atoms with Crippen LogP contribution in [0.5, 0.6) is 0 Å². The standard InChI is InChI=1S/C52H36N2/c1-2-15-38(16-3-1)50-34-43-30-40(27-29-48(43)54(50)49-23-11-19-37-14-7-9-21-46(37)49)41-24-25-42-33-52(47-22-10-18-36-13-6-8-20-45(36)47)53(51(42)32-41)44-28-26-35-12-4-5-17-39(35)31-44/h1-33,50H,34H2. The molecule has 2 nitrogen and oxygen atoms in total. The van der Waals surface area contributed by atoms with Gasteiger partial charge in [0, 0.05) is 33.4 Å². The highest BCUT2D eigenvalue weighted by Crippen LogP contribution is 2.48. The van der Waals surface area contributed by atoms with E-state index in [1.165, 1.54) is 88.1 Å². The van der Waals surface area contributed by atoms with Crippen LogP contribution in [-0.4, -0.2) is 4.57 Å². The summed E-state index contributed by atoms with van der Waals surface area (Å²) in [6.07, 6.45) is 0.942. The lowest BCUT2D eigenvalue weighted by Crippen LogP contribution is -2.19. The van der Waals surface area contributed by atoms with Gasteiger partial charge in [-0.3, -0.25) is 0 Å². The topological polar surface area (TPSA) is 8.17 Å². The van der Waals surface area contributed by atoms with Crippen molar-refractivity contribution in [1.29, 1.82) is 0 Å². The van der Waals surface area contributed by atoms with Gasteiger partial charge in [-0.15, -0.1) is 0 Å². The van der Waals surface area contributed by atoms with Crippen LogP contribution < -0.4 is 4.90 Å². The number of nitrogens with zero attached hydrogens (tertiary/aromatic N) is 2. The van der Waals surface area contributed by atoms with E-state index in [0.29, 0.717) is 0 Å². The number of aromatic nitrogens is 1. The molecule has 0 aliphatic carbocycles. The highest BCUT2D eigenvalue weighted by Gasteiger charge is 2.32. The summed E-state index contributed by atoms with van der Waals surface area (Å²) in [4.78, 5) is 2.57. The Balaban J connectivity index is 1.08. The summed E-state index contributed by atoms with van der Waals surface area (Å²) in [5.41, 5.74) is 12.5. The highest BCUT2D eigenvalue weighted by atomic mass is 15.2. The molecule has 0 radical (unpaired) electrons. The van der Waals surface area contributed by atoms with Gasteiger partial charge in [-0.25, -0.2) is 0 Å². The predicted octanol–water partition coefficient (Wildman–Crippen LogP) is 13.9. The van der Waals surface area contributed by atoms with E-state index in [-0.39, 0.29) is 6.04 Å². The first-order valence-electron chi connectivity index (χ1n) is 18.8. The van der Waals surface area contributed by atoms with E-state index in [0.717, 1.165) is 12.1 Å². The molecule has 11 rings (SSSR count). The zero-order valence-corrected chi connectivity index (χ0v) is 29.7. The maximum atomic E-state index is 2.57. The second-order valence-corrected chi connectivity index (χ2v) is 14.5. The Bertz CT molecular complexity index is 3030. The van der Waals surface area contributed by atoms with Crippen LogP contribution in [0.4, 0.5) is 11.4 Å². The molecular weight excluding hydrogens is 653 g/mol. The second-order valence-electron chi connectivity index (χ2n) is 14.5. The number of rotatable bonds is 5. The average molecular weight is 689 g/mol. The summed E-state index contributed by atoms with van der Waals surface area (Å²) >= 11 is 0. The quantitative estimate of drug-likeness (QED) is 0.175. The SMILES string of the molecule is c1ccc(C2Cc3cc(-c4ccc5cc(-c6cccc7ccccc67)n(-c6ccc7ccccc7c6)c5c4)ccc3N2c2cccc3ccccc23)cc1. The van der Waals surface area contributed by atoms with Gasteiger partial charge < -0.3 is 9.47 Å². The minimum Gasteiger partial charge on any atom is -0.333 e. The van der Waals surface area contributed by atoms with Crippen molar-refractivity contribution in [3.05, 3.63) is 211 Å². The molecule has 1 aromatic heterocycles. The zero-order chi connectivity index (χ0) is 35.6. The predicted molar refractivity (Wildman–Crippen MR) is 228 cm³/mol. The second kappa shape index (κ2) is 12.4. The van der Waals surface area contributed by atoms with Gasteiger partial charge in [-0.1, -0.05) is 158 Å². The van der Waals surface area contributed by atoms with Crippen molar-refractivity contribution in [2.45, 2.75) is 12.5 Å². The fraction of sp³-hybridized carbons (Fsp3) is 0.0385. The summed E-state index contributed by atoms with van der Waals surface area (Å²) < 4.78 is 2.47. The first-order chi connectivity index (χ1) is 26.8. The minimum absolute atomic E-state index is 0.207. The van der Waals surface area contributed by atoms with Crippen LogP contribution in [0.3, 0.4) is 0 Å². The Labute approximate surface area is 314 Å². The summed E-state index contributed by atoms with van der Waals surface area (Å²) in [6.45, 7) is 0. The normalized spacial score (nSPS) is 14.0. The van der Waals surface area contributed by atoms with Gasteiger partial charge in [0.15, 0.2) is 0 Å². The van der Waals surface area contributed by atoms with E-state index < -0.39 is 0 Å². The van der Waals surface area contributed by atoms with Crippen LogP contribution in [0.15, 0.2) is 200 Å². The Morgan fingerprint density at radius 2 is 1.06 bits per heavy atom. The minimum atomic E-state index is 0.207. The van der Waals surface area contributed by atoms with E-state index in [1.807, 2.05) is 0 Å². The molecule has 1 unspecified atom stereocenters. The van der Waals surface area contributed by atoms with Crippen molar-refractivity contribution in [2.24, 2.45) is 0 Å². The molecule has 0 fully saturated rings. The average Bonchev–Trinajstić information content (AvgIpc) is 3.82. The maximum absolute atomic E-state index is 2.57. The molecule has 0 N–H and O–H groups in total. The third kappa shape index (κ3) is 4.95. The molecule has 10 aromatic rings. The third-order valence-corrected chi connectivity index (χ3v) is 11.5. The maximum Gasteiger partial charge on any atom is 0.0632 e. The van der Waals surface area contributed by atoms with Gasteiger partial charge in [0.1, 0.15) is 0 Å². The van der Waals surface area contributed by atoms with Gasteiger partial charge in [-0.2, -0.15) is 0 Å². The molecule has 0 bridgehead atoms. The van der Waals surface area contributed by atoms with Gasteiger partial charge in [0.25, 0.3) is 0 Å². The van der Waals surface area contributed by atoms with Crippen molar-refractivity contribution in [1.82, 2.24) is 4.57 Å². The van der Waals surface area contributed by atoms with Gasteiger partial charge in [0.2, 0.25) is 0 Å². The fourth-order valence-corrected chi connectivity index (χ4v) is 8.91. The van der Waals surface area contributed by atoms with Crippen LogP contribution in [0, 0.1) is 0 Å². The molecule has 54 heavy (non-hydrogen) atoms. The molecule has 254 valence electrons. The van der Waals surface area contributed by atoms with Crippen LogP contribution in [-0.2, 0) is 6.42 Å². The number of fused-ring (bicyclic) bond motifs is 5. The van der Waals surface area contributed by atoms with Crippen molar-refractivity contribution in [3.63, 3.8) is 0 Å². The summed E-state index contributed by atoms with van der Waals surface area (Å²) in [7, 11) is 0. The van der Waals surface area contributed by atoms with Crippen LogP contribution in [0.2, 0.25) is 0 Å². The molecule has 1 aliphatic heterocycles. The molecule has 1 aliphatic rings. The fourth-order valence-electron chi connectivity index (χ4n) is 8.91. The number of hydrogen-bond donors (Lipinski definition) is 0. The molecule has 0 saturated heterocycles. The Kier molecular flexibility index (Phi) is 7.03. The smallest absolute Gasteiger partial charge is 0.0632 e. The molecule has 2 heterocycles. The highest BCUT2D eigenvalue weighted by molar-refractivity contribution is 6.02. The number of hydrogen-bond acceptors (Lipinski definition) is 1. The molecule has 2 heteroatoms. The number of anilines is 2. The van der Waals surface area contributed by atoms with Crippen molar-refractivity contribution in [3.8, 4) is 28.1 Å². The van der Waals surface area contributed by atoms with E-state index in [9.17, 15) is 0 Å². The van der Waals surface area contributed by atoms with Crippen molar-refractivity contribution < 1.29 is 0 Å². The van der Waals surface area contributed by atoms with Crippen LogP contribution in [0.25, 0.3) is 71.3 Å². The molecular formula is C52H36N2. The first kappa shape index (κ1) is 30.7. The van der Waals surface area contributed by atoms with E-state index in [1.54, 1.807) is 0 Å². The van der Waals surface area contributed by atoms with Crippen LogP contribution >= 0.6 is 0 Å². The Morgan fingerprint density at radius 3 is 1.91 bits per heavy atom. The van der Waals surface area contributed by atoms with E-state index in [2.05, 4.69) is 210 Å². The lowest BCUT2D eigenvalue weighted by Gasteiger charge is -2.29. The van der Waals surface area contributed by atoms with Gasteiger partial charge in [0.05, 0.1) is 17.3 Å². The molecule has 9 aromatic carbocycles. The molecule has 1 atom stereocenters. The van der Waals surface area contributed by atoms with Gasteiger partial charge >= 0.3 is 0 Å². The molecule has 0 saturated carbocycles. The van der Waals surface area contributed by atoms with Crippen molar-refractivity contribution in [2.75, 3.05) is 4.90 Å². The molecule has 0 spiro atoms. The first-order valence-corrected chi connectivity index (χ1v) is 18.8. The van der Waals surface area contributed by atoms with E-state index in [4.69, 9.17) is 0 Å². The monoisotopic (exact) mass is 688 g/mol. The Hall–Kier alpha value is -6.90. The van der Waals surface area contributed by atoms with Gasteiger partial charge in [-0.05, 0) is 98.1 Å². The van der Waals surface area contributed by atoms with Crippen molar-refractivity contribution >= 4 is 54.6 Å². The largest absolute Gasteiger partial charge is 0.333 e. The summed E-state index contributed by atoms with van der Waals surface area (Å²) in [5, 5.41) is 8.75. The third-order valence-electron chi connectivity index (χ3n) is 11.5. The lowest BCUT2D eigenvalue weighted by atomic mass is 9.98.